The number of nitrogens with one attached hydrogen (secondary N) is 4. The van der Waals surface area contributed by atoms with Gasteiger partial charge in [-0.05, 0) is 25.7 Å². The smallest absolute Gasteiger partial charge is 0.303 e. The highest BCUT2D eigenvalue weighted by Crippen LogP contribution is 2.13. The number of hydrogen-bond acceptors (Lipinski definition) is 9. The Morgan fingerprint density at radius 1 is 0.569 bits per heavy atom. The van der Waals surface area contributed by atoms with Crippen LogP contribution in [0.25, 0.3) is 0 Å². The Balaban J connectivity index is 0. The molecule has 0 aromatic carbocycles. The van der Waals surface area contributed by atoms with Crippen LogP contribution in [0.15, 0.2) is 0 Å². The van der Waals surface area contributed by atoms with Gasteiger partial charge in [-0.2, -0.15) is 0 Å². The van der Waals surface area contributed by atoms with E-state index in [9.17, 15) is 28.8 Å². The molecule has 16 nitrogen and oxygen atoms in total. The van der Waals surface area contributed by atoms with E-state index in [2.05, 4.69) is 21.3 Å². The number of unbranched alkanes of at least 4 members (excludes halogenated alkanes) is 13. The molecule has 0 aromatic rings. The third-order valence-electron chi connectivity index (χ3n) is 7.67. The number of likely N-dealkylation sites (N-methyl/N-ethyl adjacent to an activating group) is 1. The molecule has 0 aliphatic heterocycles. The van der Waals surface area contributed by atoms with Crippen LogP contribution in [-0.2, 0) is 43.0 Å². The van der Waals surface area contributed by atoms with E-state index in [4.69, 9.17) is 29.6 Å². The molecule has 0 bridgehead atoms. The number of carbonyl (C=O) groups is 7. The normalized spacial score (nSPS) is 11.0. The number of hydrogen-bond donors (Lipinski definition) is 7. The van der Waals surface area contributed by atoms with Crippen LogP contribution in [0.5, 0.6) is 0 Å². The Hall–Kier alpha value is -3.79. The summed E-state index contributed by atoms with van der Waals surface area (Å²) < 4.78 is 10.6. The van der Waals surface area contributed by atoms with Crippen molar-refractivity contribution in [2.45, 2.75) is 134 Å². The fraction of sp³-hybridized carbons (Fsp3) is 0.800. The van der Waals surface area contributed by atoms with Crippen LogP contribution in [0.4, 0.5) is 0 Å². The first-order chi connectivity index (χ1) is 24.6. The van der Waals surface area contributed by atoms with Crippen molar-refractivity contribution in [2.75, 3.05) is 46.6 Å². The molecule has 0 aromatic heterocycles. The summed E-state index contributed by atoms with van der Waals surface area (Å²) in [6.07, 6.45) is 17.4. The van der Waals surface area contributed by atoms with Gasteiger partial charge in [0.2, 0.25) is 23.6 Å². The van der Waals surface area contributed by atoms with Crippen LogP contribution < -0.4 is 21.3 Å². The second kappa shape index (κ2) is 37.5. The summed E-state index contributed by atoms with van der Waals surface area (Å²) >= 11 is 0. The summed E-state index contributed by atoms with van der Waals surface area (Å²) in [5.41, 5.74) is 0. The maximum atomic E-state index is 12.0. The van der Waals surface area contributed by atoms with Crippen LogP contribution in [0, 0.1) is 0 Å². The highest BCUT2D eigenvalue weighted by atomic mass is 16.5. The second-order valence-electron chi connectivity index (χ2n) is 12.1. The number of carboxylic acid groups (broad SMARTS) is 3. The summed E-state index contributed by atoms with van der Waals surface area (Å²) in [4.78, 5) is 77.3. The topological polar surface area (TPSA) is 247 Å². The molecule has 0 aliphatic rings. The SMILES string of the molecule is CNC(=O)C(CCC(=O)O)NC(=O)COCCOCCNC(=O)CCCNC(=O)CCCCCCCCCCCCCCCCC(=O)O.O=CO. The lowest BCUT2D eigenvalue weighted by Gasteiger charge is -2.16. The molecular formula is C35H64N4O12. The Morgan fingerprint density at radius 3 is 1.49 bits per heavy atom. The number of carboxylic acids is 2. The zero-order chi connectivity index (χ0) is 38.4. The van der Waals surface area contributed by atoms with Crippen molar-refractivity contribution in [3.63, 3.8) is 0 Å². The largest absolute Gasteiger partial charge is 0.483 e. The molecule has 0 rings (SSSR count). The molecule has 0 radical (unpaired) electrons. The first-order valence-electron chi connectivity index (χ1n) is 18.3. The monoisotopic (exact) mass is 732 g/mol. The highest BCUT2D eigenvalue weighted by Gasteiger charge is 2.20. The van der Waals surface area contributed by atoms with E-state index >= 15 is 0 Å². The molecule has 0 aliphatic carbocycles. The van der Waals surface area contributed by atoms with Gasteiger partial charge in [0.25, 0.3) is 6.47 Å². The maximum absolute atomic E-state index is 12.0. The maximum Gasteiger partial charge on any atom is 0.303 e. The second-order valence-corrected chi connectivity index (χ2v) is 12.1. The molecule has 0 saturated heterocycles. The Morgan fingerprint density at radius 2 is 1.00 bits per heavy atom. The Kier molecular flexibility index (Phi) is 36.2. The van der Waals surface area contributed by atoms with E-state index in [1.807, 2.05) is 0 Å². The van der Waals surface area contributed by atoms with E-state index in [1.165, 1.54) is 58.4 Å². The molecule has 0 fully saturated rings. The fourth-order valence-corrected chi connectivity index (χ4v) is 4.93. The number of aliphatic carboxylic acids is 2. The number of rotatable bonds is 34. The average Bonchev–Trinajstić information content (AvgIpc) is 3.09. The predicted molar refractivity (Wildman–Crippen MR) is 190 cm³/mol. The molecule has 0 saturated carbocycles. The number of ether oxygens (including phenoxy) is 2. The average molecular weight is 733 g/mol. The molecule has 1 unspecified atom stereocenters. The van der Waals surface area contributed by atoms with Crippen molar-refractivity contribution in [2.24, 2.45) is 0 Å². The van der Waals surface area contributed by atoms with Crippen molar-refractivity contribution >= 4 is 42.0 Å². The lowest BCUT2D eigenvalue weighted by molar-refractivity contribution is -0.138. The summed E-state index contributed by atoms with van der Waals surface area (Å²) in [6, 6.07) is -0.955. The van der Waals surface area contributed by atoms with Crippen LogP contribution >= 0.6 is 0 Å². The van der Waals surface area contributed by atoms with Crippen molar-refractivity contribution < 1.29 is 58.4 Å². The molecule has 296 valence electrons. The zero-order valence-electron chi connectivity index (χ0n) is 30.6. The van der Waals surface area contributed by atoms with Gasteiger partial charge in [0.1, 0.15) is 12.6 Å². The summed E-state index contributed by atoms with van der Waals surface area (Å²) in [7, 11) is 1.40. The van der Waals surface area contributed by atoms with Crippen LogP contribution in [-0.4, -0.2) is 110 Å². The van der Waals surface area contributed by atoms with Crippen LogP contribution in [0.1, 0.15) is 128 Å². The molecule has 0 spiro atoms. The van der Waals surface area contributed by atoms with Crippen molar-refractivity contribution in [1.29, 1.82) is 0 Å². The quantitative estimate of drug-likeness (QED) is 0.0373. The van der Waals surface area contributed by atoms with E-state index in [1.54, 1.807) is 0 Å². The van der Waals surface area contributed by atoms with Gasteiger partial charge in [0.15, 0.2) is 0 Å². The third kappa shape index (κ3) is 38.9. The molecule has 7 N–H and O–H groups in total. The van der Waals surface area contributed by atoms with E-state index < -0.39 is 29.8 Å². The van der Waals surface area contributed by atoms with Gasteiger partial charge in [-0.15, -0.1) is 0 Å². The van der Waals surface area contributed by atoms with Gasteiger partial charge in [-0.1, -0.05) is 77.0 Å². The van der Waals surface area contributed by atoms with Crippen molar-refractivity contribution in [3.8, 4) is 0 Å². The number of carbonyl (C=O) groups excluding carboxylic acids is 4. The zero-order valence-corrected chi connectivity index (χ0v) is 30.6. The molecule has 51 heavy (non-hydrogen) atoms. The van der Waals surface area contributed by atoms with E-state index in [0.717, 1.165) is 38.5 Å². The molecule has 1 atom stereocenters. The van der Waals surface area contributed by atoms with Gasteiger partial charge in [-0.3, -0.25) is 33.6 Å². The minimum Gasteiger partial charge on any atom is -0.483 e. The summed E-state index contributed by atoms with van der Waals surface area (Å²) in [6.45, 7) is 0.828. The van der Waals surface area contributed by atoms with E-state index in [0.29, 0.717) is 32.4 Å². The fourth-order valence-electron chi connectivity index (χ4n) is 4.93. The summed E-state index contributed by atoms with van der Waals surface area (Å²) in [5, 5.41) is 34.7. The van der Waals surface area contributed by atoms with Gasteiger partial charge in [0, 0.05) is 45.8 Å². The molecule has 4 amide bonds. The first-order valence-corrected chi connectivity index (χ1v) is 18.3. The van der Waals surface area contributed by atoms with Gasteiger partial charge in [-0.25, -0.2) is 0 Å². The minimum atomic E-state index is -1.06. The van der Waals surface area contributed by atoms with Crippen molar-refractivity contribution in [3.05, 3.63) is 0 Å². The van der Waals surface area contributed by atoms with Gasteiger partial charge < -0.3 is 46.1 Å². The van der Waals surface area contributed by atoms with Gasteiger partial charge >= 0.3 is 11.9 Å². The molecular weight excluding hydrogens is 668 g/mol. The van der Waals surface area contributed by atoms with Crippen molar-refractivity contribution in [1.82, 2.24) is 21.3 Å². The van der Waals surface area contributed by atoms with Crippen LogP contribution in [0.3, 0.4) is 0 Å². The minimum absolute atomic E-state index is 0.0230. The Bertz CT molecular complexity index is 952. The predicted octanol–water partition coefficient (Wildman–Crippen LogP) is 3.15. The molecule has 16 heteroatoms. The number of amides is 4. The van der Waals surface area contributed by atoms with Crippen LogP contribution in [0.2, 0.25) is 0 Å². The lowest BCUT2D eigenvalue weighted by atomic mass is 10.0. The highest BCUT2D eigenvalue weighted by molar-refractivity contribution is 5.88. The Labute approximate surface area is 302 Å². The first kappa shape index (κ1) is 49.3. The molecule has 0 heterocycles. The lowest BCUT2D eigenvalue weighted by Crippen LogP contribution is -2.47. The third-order valence-corrected chi connectivity index (χ3v) is 7.67. The van der Waals surface area contributed by atoms with Gasteiger partial charge in [0.05, 0.1) is 19.8 Å². The summed E-state index contributed by atoms with van der Waals surface area (Å²) in [5.74, 6) is -2.89. The standard InChI is InChI=1S/C34H62N4O10.CH2O2/c1-35-34(46)28(20-21-33(44)45)38-31(41)27-48-26-25-47-24-23-37-30(40)18-16-22-36-29(39)17-14-12-10-8-6-4-2-3-5-7-9-11-13-15-19-32(42)43;2-1-3/h28H,2-27H2,1H3,(H,35,46)(H,36,39)(H,37,40)(H,38,41)(H,42,43)(H,44,45);1H,(H,2,3). The van der Waals surface area contributed by atoms with E-state index in [-0.39, 0.29) is 64.0 Å².